The molecule has 1 unspecified atom stereocenters. The molecule has 1 N–H and O–H groups in total. The summed E-state index contributed by atoms with van der Waals surface area (Å²) in [6.45, 7) is 2.25. The van der Waals surface area contributed by atoms with Gasteiger partial charge in [0.05, 0.1) is 4.21 Å². The van der Waals surface area contributed by atoms with Crippen LogP contribution >= 0.6 is 23.1 Å². The van der Waals surface area contributed by atoms with Gasteiger partial charge in [0.25, 0.3) is 0 Å². The zero-order valence-corrected chi connectivity index (χ0v) is 10.1. The highest BCUT2D eigenvalue weighted by molar-refractivity contribution is 8.01. The second-order valence-electron chi connectivity index (χ2n) is 2.85. The molecule has 0 aliphatic carbocycles. The number of carboxylic acid groups (broad SMARTS) is 1. The van der Waals surface area contributed by atoms with Gasteiger partial charge in [-0.3, -0.25) is 0 Å². The van der Waals surface area contributed by atoms with E-state index in [4.69, 9.17) is 9.84 Å². The van der Waals surface area contributed by atoms with Crippen LogP contribution in [0, 0.1) is 0 Å². The molecule has 0 saturated carbocycles. The Labute approximate surface area is 97.5 Å². The average molecular weight is 246 g/mol. The summed E-state index contributed by atoms with van der Waals surface area (Å²) in [6.07, 6.45) is -0.117. The number of carbonyl (C=O) groups is 1. The van der Waals surface area contributed by atoms with Crippen LogP contribution < -0.4 is 0 Å². The first-order valence-corrected chi connectivity index (χ1v) is 6.61. The van der Waals surface area contributed by atoms with Gasteiger partial charge < -0.3 is 9.84 Å². The van der Waals surface area contributed by atoms with E-state index >= 15 is 0 Å². The molecule has 15 heavy (non-hydrogen) atoms. The van der Waals surface area contributed by atoms with E-state index in [1.807, 2.05) is 24.4 Å². The smallest absolute Gasteiger partial charge is 0.332 e. The second-order valence-corrected chi connectivity index (χ2v) is 5.19. The predicted octanol–water partition coefficient (Wildman–Crippen LogP) is 2.72. The first-order valence-electron chi connectivity index (χ1n) is 4.74. The third kappa shape index (κ3) is 4.68. The van der Waals surface area contributed by atoms with Crippen molar-refractivity contribution in [2.45, 2.75) is 23.7 Å². The number of rotatable bonds is 7. The van der Waals surface area contributed by atoms with Gasteiger partial charge in [-0.1, -0.05) is 6.07 Å². The van der Waals surface area contributed by atoms with E-state index in [0.29, 0.717) is 13.0 Å². The zero-order valence-electron chi connectivity index (χ0n) is 8.51. The first-order chi connectivity index (χ1) is 7.24. The third-order valence-electron chi connectivity index (χ3n) is 1.76. The summed E-state index contributed by atoms with van der Waals surface area (Å²) in [6, 6.07) is 4.02. The van der Waals surface area contributed by atoms with Crippen LogP contribution in [0.3, 0.4) is 0 Å². The van der Waals surface area contributed by atoms with Crippen LogP contribution in [0.2, 0.25) is 0 Å². The van der Waals surface area contributed by atoms with E-state index in [1.165, 1.54) is 4.21 Å². The molecule has 1 heterocycles. The number of hydrogen-bond donors (Lipinski definition) is 1. The first kappa shape index (κ1) is 12.5. The Bertz CT molecular complexity index is 285. The lowest BCUT2D eigenvalue weighted by atomic mass is 10.3. The van der Waals surface area contributed by atoms with Crippen molar-refractivity contribution in [1.29, 1.82) is 0 Å². The molecule has 1 aromatic rings. The fourth-order valence-electron chi connectivity index (χ4n) is 1.09. The fraction of sp³-hybridized carbons (Fsp3) is 0.500. The van der Waals surface area contributed by atoms with Gasteiger partial charge in [0.2, 0.25) is 0 Å². The SMILES string of the molecule is CCOC(CCSc1cccs1)C(=O)O. The lowest BCUT2D eigenvalue weighted by molar-refractivity contribution is -0.150. The van der Waals surface area contributed by atoms with Crippen LogP contribution in [0.15, 0.2) is 21.7 Å². The third-order valence-corrected chi connectivity index (χ3v) is 3.93. The summed E-state index contributed by atoms with van der Waals surface area (Å²) in [5.41, 5.74) is 0. The van der Waals surface area contributed by atoms with Crippen molar-refractivity contribution in [3.63, 3.8) is 0 Å². The molecule has 0 radical (unpaired) electrons. The summed E-state index contributed by atoms with van der Waals surface area (Å²) < 4.78 is 6.33. The number of aliphatic carboxylic acids is 1. The summed E-state index contributed by atoms with van der Waals surface area (Å²) in [7, 11) is 0. The van der Waals surface area contributed by atoms with E-state index < -0.39 is 12.1 Å². The molecule has 0 spiro atoms. The summed E-state index contributed by atoms with van der Waals surface area (Å²) in [4.78, 5) is 10.8. The Hall–Kier alpha value is -0.520. The molecule has 0 saturated heterocycles. The number of thioether (sulfide) groups is 1. The number of hydrogen-bond acceptors (Lipinski definition) is 4. The van der Waals surface area contributed by atoms with Crippen LogP contribution in [-0.4, -0.2) is 29.5 Å². The number of carboxylic acids is 1. The second kappa shape index (κ2) is 6.87. The molecule has 1 rings (SSSR count). The normalized spacial score (nSPS) is 12.6. The molecule has 0 bridgehead atoms. The Morgan fingerprint density at radius 1 is 1.73 bits per heavy atom. The van der Waals surface area contributed by atoms with E-state index in [1.54, 1.807) is 23.1 Å². The van der Waals surface area contributed by atoms with Crippen molar-refractivity contribution in [3.05, 3.63) is 17.5 Å². The van der Waals surface area contributed by atoms with Gasteiger partial charge in [-0.15, -0.1) is 23.1 Å². The Morgan fingerprint density at radius 2 is 2.53 bits per heavy atom. The molecule has 3 nitrogen and oxygen atoms in total. The van der Waals surface area contributed by atoms with Crippen LogP contribution in [0.25, 0.3) is 0 Å². The number of ether oxygens (including phenoxy) is 1. The zero-order chi connectivity index (χ0) is 11.1. The highest BCUT2D eigenvalue weighted by atomic mass is 32.2. The van der Waals surface area contributed by atoms with Gasteiger partial charge in [0.15, 0.2) is 6.10 Å². The molecule has 0 fully saturated rings. The minimum atomic E-state index is -0.872. The highest BCUT2D eigenvalue weighted by Crippen LogP contribution is 2.24. The van der Waals surface area contributed by atoms with Gasteiger partial charge in [-0.05, 0) is 24.8 Å². The Morgan fingerprint density at radius 3 is 3.07 bits per heavy atom. The van der Waals surface area contributed by atoms with E-state index in [0.717, 1.165) is 5.75 Å². The van der Waals surface area contributed by atoms with Gasteiger partial charge in [0, 0.05) is 12.4 Å². The van der Waals surface area contributed by atoms with Crippen LogP contribution in [0.1, 0.15) is 13.3 Å². The van der Waals surface area contributed by atoms with Gasteiger partial charge >= 0.3 is 5.97 Å². The Balaban J connectivity index is 2.25. The maximum absolute atomic E-state index is 10.8. The molecule has 0 amide bonds. The van der Waals surface area contributed by atoms with Crippen molar-refractivity contribution >= 4 is 29.1 Å². The van der Waals surface area contributed by atoms with Gasteiger partial charge in [0.1, 0.15) is 0 Å². The lowest BCUT2D eigenvalue weighted by Crippen LogP contribution is -2.24. The molecular weight excluding hydrogens is 232 g/mol. The van der Waals surface area contributed by atoms with Gasteiger partial charge in [-0.25, -0.2) is 4.79 Å². The van der Waals surface area contributed by atoms with Crippen molar-refractivity contribution in [2.75, 3.05) is 12.4 Å². The maximum Gasteiger partial charge on any atom is 0.332 e. The minimum absolute atomic E-state index is 0.445. The molecule has 84 valence electrons. The topological polar surface area (TPSA) is 46.5 Å². The van der Waals surface area contributed by atoms with Crippen molar-refractivity contribution in [2.24, 2.45) is 0 Å². The largest absolute Gasteiger partial charge is 0.479 e. The fourth-order valence-corrected chi connectivity index (χ4v) is 2.94. The summed E-state index contributed by atoms with van der Waals surface area (Å²) in [5, 5.41) is 10.8. The Kier molecular flexibility index (Phi) is 5.75. The lowest BCUT2D eigenvalue weighted by Gasteiger charge is -2.11. The van der Waals surface area contributed by atoms with Crippen LogP contribution in [0.5, 0.6) is 0 Å². The van der Waals surface area contributed by atoms with Gasteiger partial charge in [-0.2, -0.15) is 0 Å². The molecule has 1 atom stereocenters. The van der Waals surface area contributed by atoms with Crippen molar-refractivity contribution in [3.8, 4) is 0 Å². The highest BCUT2D eigenvalue weighted by Gasteiger charge is 2.16. The van der Waals surface area contributed by atoms with Crippen molar-refractivity contribution in [1.82, 2.24) is 0 Å². The number of thiophene rings is 1. The standard InChI is InChI=1S/C10H14O3S2/c1-2-13-8(10(11)12)5-7-15-9-4-3-6-14-9/h3-4,6,8H,2,5,7H2,1H3,(H,11,12). The molecule has 1 aromatic heterocycles. The minimum Gasteiger partial charge on any atom is -0.479 e. The van der Waals surface area contributed by atoms with E-state index in [2.05, 4.69) is 0 Å². The average Bonchev–Trinajstić information content (AvgIpc) is 2.69. The molecule has 0 aliphatic rings. The molecule has 0 aliphatic heterocycles. The predicted molar refractivity (Wildman–Crippen MR) is 62.7 cm³/mol. The van der Waals surface area contributed by atoms with E-state index in [9.17, 15) is 4.79 Å². The maximum atomic E-state index is 10.8. The monoisotopic (exact) mass is 246 g/mol. The van der Waals surface area contributed by atoms with Crippen molar-refractivity contribution < 1.29 is 14.6 Å². The van der Waals surface area contributed by atoms with Crippen LogP contribution in [-0.2, 0) is 9.53 Å². The van der Waals surface area contributed by atoms with E-state index in [-0.39, 0.29) is 0 Å². The molecular formula is C10H14O3S2. The molecule has 5 heteroatoms. The quantitative estimate of drug-likeness (QED) is 0.751. The molecule has 0 aromatic carbocycles. The van der Waals surface area contributed by atoms with Crippen LogP contribution in [0.4, 0.5) is 0 Å². The summed E-state index contributed by atoms with van der Waals surface area (Å²) >= 11 is 3.34. The summed E-state index contributed by atoms with van der Waals surface area (Å²) in [5.74, 6) is -0.0964.